The lowest BCUT2D eigenvalue weighted by molar-refractivity contribution is -0.126. The molecule has 8 nitrogen and oxygen atoms in total. The van der Waals surface area contributed by atoms with E-state index < -0.39 is 5.92 Å². The van der Waals surface area contributed by atoms with Crippen LogP contribution in [0.4, 0.5) is 11.8 Å². The second-order valence-electron chi connectivity index (χ2n) is 7.18. The Balaban J connectivity index is 1.51. The summed E-state index contributed by atoms with van der Waals surface area (Å²) in [6, 6.07) is 9.81. The monoisotopic (exact) mass is 381 g/mol. The quantitative estimate of drug-likeness (QED) is 0.720. The van der Waals surface area contributed by atoms with Crippen molar-refractivity contribution in [3.8, 4) is 0 Å². The van der Waals surface area contributed by atoms with Crippen LogP contribution in [0.5, 0.6) is 0 Å². The molecule has 0 bridgehead atoms. The van der Waals surface area contributed by atoms with Crippen LogP contribution in [-0.2, 0) is 16.0 Å². The van der Waals surface area contributed by atoms with Gasteiger partial charge in [-0.15, -0.1) is 0 Å². The van der Waals surface area contributed by atoms with Crippen LogP contribution >= 0.6 is 0 Å². The second-order valence-corrected chi connectivity index (χ2v) is 7.18. The molecule has 1 fully saturated rings. The molecule has 1 unspecified atom stereocenters. The predicted octanol–water partition coefficient (Wildman–Crippen LogP) is 1.15. The summed E-state index contributed by atoms with van der Waals surface area (Å²) < 4.78 is 0. The fourth-order valence-electron chi connectivity index (χ4n) is 3.76. The minimum Gasteiger partial charge on any atom is -0.355 e. The lowest BCUT2D eigenvalue weighted by Gasteiger charge is -2.25. The number of benzene rings is 1. The van der Waals surface area contributed by atoms with Crippen LogP contribution in [0.25, 0.3) is 0 Å². The SMILES string of the molecule is O=C1CC(C(=O)NCCc2ccccc2)c2c(nc(N3CCCC3)[nH]c2=O)N1. The molecule has 1 aromatic heterocycles. The first kappa shape index (κ1) is 18.2. The number of anilines is 2. The molecule has 1 atom stereocenters. The van der Waals surface area contributed by atoms with Gasteiger partial charge in [-0.25, -0.2) is 0 Å². The first-order valence-corrected chi connectivity index (χ1v) is 9.62. The number of nitrogens with zero attached hydrogens (tertiary/aromatic N) is 2. The van der Waals surface area contributed by atoms with Gasteiger partial charge in [0.2, 0.25) is 17.8 Å². The Morgan fingerprint density at radius 3 is 2.68 bits per heavy atom. The first-order valence-electron chi connectivity index (χ1n) is 9.62. The van der Waals surface area contributed by atoms with Crippen molar-refractivity contribution in [1.29, 1.82) is 0 Å². The van der Waals surface area contributed by atoms with Crippen molar-refractivity contribution in [2.75, 3.05) is 29.9 Å². The standard InChI is InChI=1S/C20H23N5O3/c26-15-12-14(18(27)21-9-8-13-6-2-1-3-7-13)16-17(22-15)23-20(24-19(16)28)25-10-4-5-11-25/h1-3,6-7,14H,4-5,8-12H2,(H,21,27)(H2,22,23,24,26,28). The van der Waals surface area contributed by atoms with Crippen LogP contribution in [0.2, 0.25) is 0 Å². The average Bonchev–Trinajstić information content (AvgIpc) is 3.22. The number of carbonyl (C=O) groups excluding carboxylic acids is 2. The van der Waals surface area contributed by atoms with E-state index in [0.29, 0.717) is 18.9 Å². The minimum absolute atomic E-state index is 0.0575. The maximum Gasteiger partial charge on any atom is 0.258 e. The molecule has 0 aliphatic carbocycles. The van der Waals surface area contributed by atoms with E-state index in [1.807, 2.05) is 35.2 Å². The third kappa shape index (κ3) is 3.76. The highest BCUT2D eigenvalue weighted by atomic mass is 16.2. The fraction of sp³-hybridized carbons (Fsp3) is 0.400. The fourth-order valence-corrected chi connectivity index (χ4v) is 3.76. The van der Waals surface area contributed by atoms with Crippen LogP contribution in [0.1, 0.15) is 36.3 Å². The smallest absolute Gasteiger partial charge is 0.258 e. The molecule has 146 valence electrons. The number of nitrogens with one attached hydrogen (secondary N) is 3. The van der Waals surface area contributed by atoms with E-state index in [1.165, 1.54) is 0 Å². The van der Waals surface area contributed by atoms with Crippen molar-refractivity contribution >= 4 is 23.6 Å². The van der Waals surface area contributed by atoms with Crippen molar-refractivity contribution in [1.82, 2.24) is 15.3 Å². The number of fused-ring (bicyclic) bond motifs is 1. The van der Waals surface area contributed by atoms with E-state index in [9.17, 15) is 14.4 Å². The molecule has 4 rings (SSSR count). The van der Waals surface area contributed by atoms with E-state index >= 15 is 0 Å². The lowest BCUT2D eigenvalue weighted by atomic mass is 9.92. The molecule has 2 aliphatic heterocycles. The van der Waals surface area contributed by atoms with Crippen LogP contribution in [-0.4, -0.2) is 41.4 Å². The Hall–Kier alpha value is -3.16. The molecule has 2 amide bonds. The van der Waals surface area contributed by atoms with Gasteiger partial charge in [-0.05, 0) is 24.8 Å². The highest BCUT2D eigenvalue weighted by Crippen LogP contribution is 2.29. The minimum atomic E-state index is -0.830. The summed E-state index contributed by atoms with van der Waals surface area (Å²) in [4.78, 5) is 46.7. The number of hydrogen-bond donors (Lipinski definition) is 3. The molecular formula is C20H23N5O3. The summed E-state index contributed by atoms with van der Waals surface area (Å²) in [6.45, 7) is 2.08. The lowest BCUT2D eigenvalue weighted by Crippen LogP contribution is -2.40. The van der Waals surface area contributed by atoms with Gasteiger partial charge >= 0.3 is 0 Å². The summed E-state index contributed by atoms with van der Waals surface area (Å²) >= 11 is 0. The molecule has 0 radical (unpaired) electrons. The van der Waals surface area contributed by atoms with Gasteiger partial charge in [-0.1, -0.05) is 30.3 Å². The van der Waals surface area contributed by atoms with Gasteiger partial charge in [-0.3, -0.25) is 19.4 Å². The highest BCUT2D eigenvalue weighted by molar-refractivity contribution is 6.00. The molecule has 2 aromatic rings. The Labute approximate surface area is 162 Å². The highest BCUT2D eigenvalue weighted by Gasteiger charge is 2.35. The largest absolute Gasteiger partial charge is 0.355 e. The second kappa shape index (κ2) is 7.84. The normalized spacial score (nSPS) is 18.5. The Bertz CT molecular complexity index is 935. The summed E-state index contributed by atoms with van der Waals surface area (Å²) in [5.74, 6) is -0.811. The van der Waals surface area contributed by atoms with Gasteiger partial charge in [0.15, 0.2) is 0 Å². The summed E-state index contributed by atoms with van der Waals surface area (Å²) in [5, 5.41) is 5.50. The molecule has 8 heteroatoms. The van der Waals surface area contributed by atoms with Crippen molar-refractivity contribution in [2.24, 2.45) is 0 Å². The third-order valence-electron chi connectivity index (χ3n) is 5.22. The number of hydrogen-bond acceptors (Lipinski definition) is 5. The molecule has 3 N–H and O–H groups in total. The van der Waals surface area contributed by atoms with E-state index in [-0.39, 0.29) is 35.2 Å². The van der Waals surface area contributed by atoms with E-state index in [0.717, 1.165) is 31.5 Å². The number of carbonyl (C=O) groups is 2. The molecule has 0 saturated carbocycles. The summed E-state index contributed by atoms with van der Waals surface area (Å²) in [7, 11) is 0. The van der Waals surface area contributed by atoms with Gasteiger partial charge in [0.1, 0.15) is 5.82 Å². The topological polar surface area (TPSA) is 107 Å². The van der Waals surface area contributed by atoms with Gasteiger partial charge < -0.3 is 15.5 Å². The zero-order valence-corrected chi connectivity index (χ0v) is 15.5. The van der Waals surface area contributed by atoms with E-state index in [4.69, 9.17) is 0 Å². The van der Waals surface area contributed by atoms with Gasteiger partial charge in [-0.2, -0.15) is 4.98 Å². The molecule has 1 saturated heterocycles. The Morgan fingerprint density at radius 1 is 1.18 bits per heavy atom. The van der Waals surface area contributed by atoms with E-state index in [2.05, 4.69) is 20.6 Å². The van der Waals surface area contributed by atoms with Crippen molar-refractivity contribution < 1.29 is 9.59 Å². The molecule has 3 heterocycles. The number of H-pyrrole nitrogens is 1. The van der Waals surface area contributed by atoms with Gasteiger partial charge in [0.05, 0.1) is 11.5 Å². The third-order valence-corrected chi connectivity index (χ3v) is 5.22. The zero-order valence-electron chi connectivity index (χ0n) is 15.5. The molecule has 28 heavy (non-hydrogen) atoms. The Kier molecular flexibility index (Phi) is 5.10. The summed E-state index contributed by atoms with van der Waals surface area (Å²) in [6.07, 6.45) is 2.71. The van der Waals surface area contributed by atoms with Crippen LogP contribution in [0.15, 0.2) is 35.1 Å². The number of rotatable bonds is 5. The average molecular weight is 381 g/mol. The number of amides is 2. The van der Waals surface area contributed by atoms with Crippen molar-refractivity contribution in [2.45, 2.75) is 31.6 Å². The number of aromatic nitrogens is 2. The molecular weight excluding hydrogens is 358 g/mol. The maximum atomic E-state index is 12.7. The van der Waals surface area contributed by atoms with Crippen molar-refractivity contribution in [3.05, 3.63) is 51.8 Å². The van der Waals surface area contributed by atoms with Crippen LogP contribution in [0.3, 0.4) is 0 Å². The maximum absolute atomic E-state index is 12.7. The van der Waals surface area contributed by atoms with Gasteiger partial charge in [0.25, 0.3) is 5.56 Å². The first-order chi connectivity index (χ1) is 13.6. The molecule has 2 aliphatic rings. The zero-order chi connectivity index (χ0) is 19.5. The van der Waals surface area contributed by atoms with E-state index in [1.54, 1.807) is 0 Å². The van der Waals surface area contributed by atoms with Crippen LogP contribution < -0.4 is 21.1 Å². The molecule has 1 aromatic carbocycles. The molecule has 0 spiro atoms. The number of aromatic amines is 1. The predicted molar refractivity (Wildman–Crippen MR) is 105 cm³/mol. The summed E-state index contributed by atoms with van der Waals surface area (Å²) in [5.41, 5.74) is 0.981. The van der Waals surface area contributed by atoms with Crippen LogP contribution in [0, 0.1) is 0 Å². The Morgan fingerprint density at radius 2 is 1.93 bits per heavy atom. The van der Waals surface area contributed by atoms with Gasteiger partial charge in [0, 0.05) is 26.1 Å². The van der Waals surface area contributed by atoms with Crippen molar-refractivity contribution in [3.63, 3.8) is 0 Å².